The molecule has 1 aliphatic carbocycles. The van der Waals surface area contributed by atoms with Crippen LogP contribution >= 0.6 is 0 Å². The molecule has 3 aromatic rings. The third-order valence-corrected chi connectivity index (χ3v) is 6.45. The largest absolute Gasteiger partial charge is 0.491 e. The molecule has 0 amide bonds. The maximum Gasteiger partial charge on any atom is 0.336 e. The number of hydrogen-bond acceptors (Lipinski definition) is 7. The summed E-state index contributed by atoms with van der Waals surface area (Å²) in [6.07, 6.45) is 6.08. The Morgan fingerprint density at radius 3 is 2.72 bits per heavy atom. The van der Waals surface area contributed by atoms with Gasteiger partial charge in [0.05, 0.1) is 5.56 Å². The average molecular weight is 492 g/mol. The van der Waals surface area contributed by atoms with E-state index in [4.69, 9.17) is 18.6 Å². The number of ether oxygens (including phenoxy) is 3. The molecule has 5 rings (SSSR count). The Kier molecular flexibility index (Phi) is 7.06. The van der Waals surface area contributed by atoms with Crippen LogP contribution in [0, 0.1) is 0 Å². The first kappa shape index (κ1) is 24.1. The van der Waals surface area contributed by atoms with Gasteiger partial charge in [0.15, 0.2) is 11.2 Å². The topological polar surface area (TPSA) is 111 Å². The van der Waals surface area contributed by atoms with Gasteiger partial charge in [-0.25, -0.2) is 9.78 Å². The Morgan fingerprint density at radius 1 is 1.11 bits per heavy atom. The van der Waals surface area contributed by atoms with Gasteiger partial charge in [0, 0.05) is 13.0 Å². The number of hydrogen-bond donors (Lipinski definition) is 2. The van der Waals surface area contributed by atoms with E-state index in [2.05, 4.69) is 4.98 Å². The highest BCUT2D eigenvalue weighted by molar-refractivity contribution is 5.78. The zero-order valence-electron chi connectivity index (χ0n) is 19.9. The SMILES string of the molecule is O=C(O)C1(CC2=CC(OC[C@@H](O)COc3ccccc3-c3nc4ccccc4o3)=CCC2)CCCO1. The first-order chi connectivity index (χ1) is 17.5. The molecule has 2 N–H and O–H groups in total. The Morgan fingerprint density at radius 2 is 1.92 bits per heavy atom. The Balaban J connectivity index is 1.17. The highest BCUT2D eigenvalue weighted by Gasteiger charge is 2.43. The number of aliphatic hydroxyl groups is 1. The number of oxazole rings is 1. The smallest absolute Gasteiger partial charge is 0.336 e. The van der Waals surface area contributed by atoms with Gasteiger partial charge in [-0.15, -0.1) is 0 Å². The molecule has 36 heavy (non-hydrogen) atoms. The normalized spacial score (nSPS) is 20.6. The van der Waals surface area contributed by atoms with Crippen molar-refractivity contribution in [2.45, 2.75) is 43.8 Å². The molecule has 1 aliphatic heterocycles. The number of benzene rings is 2. The van der Waals surface area contributed by atoms with Crippen molar-refractivity contribution in [3.63, 3.8) is 0 Å². The van der Waals surface area contributed by atoms with Crippen LogP contribution in [0.25, 0.3) is 22.6 Å². The summed E-state index contributed by atoms with van der Waals surface area (Å²) >= 11 is 0. The molecule has 0 spiro atoms. The number of aliphatic hydroxyl groups excluding tert-OH is 1. The molecule has 188 valence electrons. The summed E-state index contributed by atoms with van der Waals surface area (Å²) in [6.45, 7) is 0.540. The van der Waals surface area contributed by atoms with Crippen LogP contribution < -0.4 is 4.74 Å². The van der Waals surface area contributed by atoms with E-state index in [0.717, 1.165) is 30.4 Å². The number of aromatic nitrogens is 1. The van der Waals surface area contributed by atoms with E-state index >= 15 is 0 Å². The number of allylic oxidation sites excluding steroid dienone is 2. The van der Waals surface area contributed by atoms with Crippen LogP contribution in [0.1, 0.15) is 32.1 Å². The van der Waals surface area contributed by atoms with Crippen LogP contribution in [-0.4, -0.2) is 52.7 Å². The van der Waals surface area contributed by atoms with E-state index in [0.29, 0.717) is 48.0 Å². The molecule has 0 saturated carbocycles. The monoisotopic (exact) mass is 491 g/mol. The number of carbonyl (C=O) groups is 1. The molecule has 0 bridgehead atoms. The van der Waals surface area contributed by atoms with Crippen molar-refractivity contribution in [1.82, 2.24) is 4.98 Å². The van der Waals surface area contributed by atoms with Crippen molar-refractivity contribution in [2.24, 2.45) is 0 Å². The molecule has 2 aromatic carbocycles. The van der Waals surface area contributed by atoms with E-state index in [-0.39, 0.29) is 13.2 Å². The minimum absolute atomic E-state index is 0.0249. The van der Waals surface area contributed by atoms with Crippen molar-refractivity contribution < 1.29 is 33.6 Å². The molecule has 1 unspecified atom stereocenters. The average Bonchev–Trinajstić information content (AvgIpc) is 3.55. The maximum atomic E-state index is 11.8. The number of nitrogens with zero attached hydrogens (tertiary/aromatic N) is 1. The van der Waals surface area contributed by atoms with Gasteiger partial charge >= 0.3 is 5.97 Å². The zero-order chi connectivity index (χ0) is 25.0. The predicted octanol–water partition coefficient (Wildman–Crippen LogP) is 4.88. The van der Waals surface area contributed by atoms with Crippen molar-refractivity contribution in [2.75, 3.05) is 19.8 Å². The Bertz CT molecular complexity index is 1250. The Hall–Kier alpha value is -3.62. The van der Waals surface area contributed by atoms with Crippen LogP contribution in [-0.2, 0) is 14.3 Å². The summed E-state index contributed by atoms with van der Waals surface area (Å²) in [5.74, 6) is 0.718. The number of rotatable bonds is 10. The quantitative estimate of drug-likeness (QED) is 0.413. The van der Waals surface area contributed by atoms with Gasteiger partial charge in [-0.05, 0) is 62.1 Å². The van der Waals surface area contributed by atoms with Gasteiger partial charge < -0.3 is 28.8 Å². The fraction of sp³-hybridized carbons (Fsp3) is 0.357. The first-order valence-electron chi connectivity index (χ1n) is 12.2. The lowest BCUT2D eigenvalue weighted by Crippen LogP contribution is -2.38. The van der Waals surface area contributed by atoms with Gasteiger partial charge in [-0.2, -0.15) is 0 Å². The molecule has 8 heteroatoms. The van der Waals surface area contributed by atoms with Crippen LogP contribution in [0.4, 0.5) is 0 Å². The molecule has 1 fully saturated rings. The number of carboxylic acid groups (broad SMARTS) is 1. The summed E-state index contributed by atoms with van der Waals surface area (Å²) in [7, 11) is 0. The van der Waals surface area contributed by atoms with Gasteiger partial charge in [0.25, 0.3) is 0 Å². The molecular weight excluding hydrogens is 462 g/mol. The molecule has 0 radical (unpaired) electrons. The van der Waals surface area contributed by atoms with E-state index in [9.17, 15) is 15.0 Å². The highest BCUT2D eigenvalue weighted by Crippen LogP contribution is 2.36. The lowest BCUT2D eigenvalue weighted by Gasteiger charge is -2.26. The van der Waals surface area contributed by atoms with Crippen LogP contribution in [0.5, 0.6) is 5.75 Å². The van der Waals surface area contributed by atoms with Gasteiger partial charge in [0.2, 0.25) is 5.89 Å². The molecular formula is C28H29NO7. The van der Waals surface area contributed by atoms with Crippen LogP contribution in [0.3, 0.4) is 0 Å². The van der Waals surface area contributed by atoms with E-state index in [1.807, 2.05) is 54.6 Å². The van der Waals surface area contributed by atoms with E-state index in [1.54, 1.807) is 6.07 Å². The summed E-state index contributed by atoms with van der Waals surface area (Å²) in [5.41, 5.74) is 2.00. The van der Waals surface area contributed by atoms with E-state index < -0.39 is 17.7 Å². The van der Waals surface area contributed by atoms with Gasteiger partial charge in [-0.1, -0.05) is 29.8 Å². The summed E-state index contributed by atoms with van der Waals surface area (Å²) in [6, 6.07) is 14.9. The molecule has 2 heterocycles. The van der Waals surface area contributed by atoms with Gasteiger partial charge in [-0.3, -0.25) is 0 Å². The second-order valence-corrected chi connectivity index (χ2v) is 9.13. The fourth-order valence-corrected chi connectivity index (χ4v) is 4.60. The summed E-state index contributed by atoms with van der Waals surface area (Å²) in [4.78, 5) is 16.3. The standard InChI is InChI=1S/C28H29NO7/c30-20(17-33-21-8-5-7-19(15-21)16-28(27(31)32)13-6-14-35-28)18-34-24-11-3-1-9-22(24)26-29-23-10-2-4-12-25(23)36-26/h1-4,8-12,15,20,30H,5-7,13-14,16-18H2,(H,31,32)/t20-,28?/m1/s1. The number of aliphatic carboxylic acids is 1. The van der Waals surface area contributed by atoms with Crippen molar-refractivity contribution in [3.8, 4) is 17.2 Å². The number of para-hydroxylation sites is 3. The van der Waals surface area contributed by atoms with Gasteiger partial charge in [0.1, 0.15) is 36.3 Å². The first-order valence-corrected chi connectivity index (χ1v) is 12.2. The van der Waals surface area contributed by atoms with Crippen LogP contribution in [0.2, 0.25) is 0 Å². The predicted molar refractivity (Wildman–Crippen MR) is 132 cm³/mol. The zero-order valence-corrected chi connectivity index (χ0v) is 19.9. The van der Waals surface area contributed by atoms with E-state index in [1.165, 1.54) is 0 Å². The third-order valence-electron chi connectivity index (χ3n) is 6.45. The minimum Gasteiger partial charge on any atom is -0.491 e. The third kappa shape index (κ3) is 5.29. The lowest BCUT2D eigenvalue weighted by atomic mass is 9.88. The summed E-state index contributed by atoms with van der Waals surface area (Å²) in [5, 5.41) is 20.2. The highest BCUT2D eigenvalue weighted by atomic mass is 16.5. The fourth-order valence-electron chi connectivity index (χ4n) is 4.60. The summed E-state index contributed by atoms with van der Waals surface area (Å²) < 4.78 is 23.2. The maximum absolute atomic E-state index is 11.8. The number of fused-ring (bicyclic) bond motifs is 1. The minimum atomic E-state index is -1.14. The molecule has 1 saturated heterocycles. The molecule has 1 aromatic heterocycles. The van der Waals surface area contributed by atoms with Crippen molar-refractivity contribution >= 4 is 17.1 Å². The molecule has 2 aliphatic rings. The second kappa shape index (κ2) is 10.6. The second-order valence-electron chi connectivity index (χ2n) is 9.13. The van der Waals surface area contributed by atoms with Crippen molar-refractivity contribution in [1.29, 1.82) is 0 Å². The number of carboxylic acids is 1. The lowest BCUT2D eigenvalue weighted by molar-refractivity contribution is -0.159. The van der Waals surface area contributed by atoms with Crippen LogP contribution in [0.15, 0.2) is 76.4 Å². The molecule has 2 atom stereocenters. The Labute approximate surface area is 208 Å². The molecule has 8 nitrogen and oxygen atoms in total. The van der Waals surface area contributed by atoms with Crippen molar-refractivity contribution in [3.05, 3.63) is 72.0 Å².